The van der Waals surface area contributed by atoms with Crippen molar-refractivity contribution in [2.24, 2.45) is 0 Å². The average molecular weight is 583 g/mol. The molecule has 6 rings (SSSR count). The van der Waals surface area contributed by atoms with Gasteiger partial charge in [0.05, 0.1) is 31.3 Å². The van der Waals surface area contributed by atoms with Crippen LogP contribution in [0.25, 0.3) is 21.5 Å². The molecule has 0 spiro atoms. The molecule has 2 heterocycles. The molecule has 0 saturated carbocycles. The lowest BCUT2D eigenvalue weighted by Crippen LogP contribution is -2.30. The molecule has 0 radical (unpaired) electrons. The molecule has 1 N–H and O–H groups in total. The first-order chi connectivity index (χ1) is 21.1. The van der Waals surface area contributed by atoms with E-state index in [0.29, 0.717) is 25.2 Å². The second kappa shape index (κ2) is 15.4. The molecule has 2 aromatic heterocycles. The monoisotopic (exact) mass is 582 g/mol. The van der Waals surface area contributed by atoms with E-state index in [1.54, 1.807) is 12.5 Å². The van der Waals surface area contributed by atoms with Gasteiger partial charge < -0.3 is 23.4 Å². The standard InChI is InChI=1S/C28H36O2.C10H10O3/c1-4-5-6-7-10-19(2)30-27-16-15-25-23(20(27)3)13-14-26-24-12-9-8-11-21(24)17-22(18-29)28(25)26;1-3-9(12-5-1)7-11-8-10-4-2-6-13-10/h8-9,11-14,17,19-20,27,29H,4-7,10,15-16,18H2,1-3H3;1-6H,7-8H2. The maximum atomic E-state index is 10.1. The molecule has 0 fully saturated rings. The molecule has 3 aromatic carbocycles. The van der Waals surface area contributed by atoms with Crippen molar-refractivity contribution < 1.29 is 23.4 Å². The summed E-state index contributed by atoms with van der Waals surface area (Å²) in [5.41, 5.74) is 3.88. The first kappa shape index (κ1) is 31.1. The number of fused-ring (bicyclic) bond motifs is 5. The van der Waals surface area contributed by atoms with Crippen LogP contribution in [0.5, 0.6) is 0 Å². The van der Waals surface area contributed by atoms with Crippen molar-refractivity contribution in [3.8, 4) is 0 Å². The highest BCUT2D eigenvalue weighted by molar-refractivity contribution is 6.10. The normalized spacial score (nSPS) is 17.0. The van der Waals surface area contributed by atoms with Gasteiger partial charge in [-0.1, -0.05) is 75.9 Å². The molecule has 1 aliphatic rings. The van der Waals surface area contributed by atoms with Crippen molar-refractivity contribution in [2.75, 3.05) is 0 Å². The van der Waals surface area contributed by atoms with Crippen LogP contribution in [-0.2, 0) is 35.7 Å². The van der Waals surface area contributed by atoms with Crippen LogP contribution in [0.2, 0.25) is 0 Å². The number of benzene rings is 3. The minimum absolute atomic E-state index is 0.0842. The van der Waals surface area contributed by atoms with Crippen LogP contribution in [-0.4, -0.2) is 17.3 Å². The van der Waals surface area contributed by atoms with Gasteiger partial charge >= 0.3 is 0 Å². The van der Waals surface area contributed by atoms with Crippen LogP contribution in [0.1, 0.15) is 93.4 Å². The quantitative estimate of drug-likeness (QED) is 0.117. The topological polar surface area (TPSA) is 65.0 Å². The molecule has 1 aliphatic carbocycles. The smallest absolute Gasteiger partial charge is 0.129 e. The van der Waals surface area contributed by atoms with E-state index >= 15 is 0 Å². The third kappa shape index (κ3) is 7.77. The molecule has 5 heteroatoms. The third-order valence-corrected chi connectivity index (χ3v) is 8.67. The van der Waals surface area contributed by atoms with E-state index in [1.165, 1.54) is 58.4 Å². The lowest BCUT2D eigenvalue weighted by molar-refractivity contribution is -0.0261. The number of hydrogen-bond acceptors (Lipinski definition) is 5. The van der Waals surface area contributed by atoms with Gasteiger partial charge in [0.1, 0.15) is 24.7 Å². The summed E-state index contributed by atoms with van der Waals surface area (Å²) in [5, 5.41) is 15.2. The fourth-order valence-corrected chi connectivity index (χ4v) is 6.39. The summed E-state index contributed by atoms with van der Waals surface area (Å²) in [6.07, 6.45) is 12.3. The van der Waals surface area contributed by atoms with E-state index in [2.05, 4.69) is 63.2 Å². The van der Waals surface area contributed by atoms with E-state index in [0.717, 1.165) is 36.3 Å². The van der Waals surface area contributed by atoms with Crippen LogP contribution < -0.4 is 0 Å². The summed E-state index contributed by atoms with van der Waals surface area (Å²) in [6.45, 7) is 7.86. The number of ether oxygens (including phenoxy) is 2. The fraction of sp³-hybridized carbons (Fsp3) is 0.421. The van der Waals surface area contributed by atoms with Gasteiger partial charge in [-0.2, -0.15) is 0 Å². The Morgan fingerprint density at radius 1 is 0.884 bits per heavy atom. The minimum atomic E-state index is 0.0842. The molecule has 0 amide bonds. The lowest BCUT2D eigenvalue weighted by atomic mass is 9.78. The highest BCUT2D eigenvalue weighted by Crippen LogP contribution is 2.41. The van der Waals surface area contributed by atoms with Gasteiger partial charge in [-0.25, -0.2) is 0 Å². The van der Waals surface area contributed by atoms with Gasteiger partial charge in [0.15, 0.2) is 0 Å². The van der Waals surface area contributed by atoms with Crippen molar-refractivity contribution in [2.45, 2.75) is 104 Å². The molecule has 0 bridgehead atoms. The number of rotatable bonds is 12. The lowest BCUT2D eigenvalue weighted by Gasteiger charge is -2.34. The summed E-state index contributed by atoms with van der Waals surface area (Å²) in [6, 6.07) is 22.7. The zero-order valence-electron chi connectivity index (χ0n) is 25.9. The minimum Gasteiger partial charge on any atom is -0.467 e. The third-order valence-electron chi connectivity index (χ3n) is 8.67. The number of hydrogen-bond donors (Lipinski definition) is 1. The van der Waals surface area contributed by atoms with Crippen molar-refractivity contribution in [3.05, 3.63) is 107 Å². The van der Waals surface area contributed by atoms with E-state index < -0.39 is 0 Å². The van der Waals surface area contributed by atoms with Gasteiger partial charge in [-0.15, -0.1) is 0 Å². The average Bonchev–Trinajstić information content (AvgIpc) is 3.75. The second-order valence-corrected chi connectivity index (χ2v) is 11.8. The number of aryl methyl sites for hydroxylation is 1. The summed E-state index contributed by atoms with van der Waals surface area (Å²) in [5.74, 6) is 2.03. The summed E-state index contributed by atoms with van der Waals surface area (Å²) < 4.78 is 22.1. The molecule has 43 heavy (non-hydrogen) atoms. The zero-order valence-corrected chi connectivity index (χ0v) is 25.9. The predicted molar refractivity (Wildman–Crippen MR) is 173 cm³/mol. The summed E-state index contributed by atoms with van der Waals surface area (Å²) >= 11 is 0. The molecule has 5 nitrogen and oxygen atoms in total. The number of furan rings is 2. The Kier molecular flexibility index (Phi) is 11.1. The molecular weight excluding hydrogens is 536 g/mol. The largest absolute Gasteiger partial charge is 0.467 e. The van der Waals surface area contributed by atoms with Crippen LogP contribution in [0, 0.1) is 0 Å². The van der Waals surface area contributed by atoms with Crippen molar-refractivity contribution in [3.63, 3.8) is 0 Å². The Morgan fingerprint density at radius 3 is 2.30 bits per heavy atom. The van der Waals surface area contributed by atoms with Crippen molar-refractivity contribution in [1.29, 1.82) is 0 Å². The fourth-order valence-electron chi connectivity index (χ4n) is 6.39. The molecule has 3 unspecified atom stereocenters. The van der Waals surface area contributed by atoms with E-state index in [9.17, 15) is 5.11 Å². The molecule has 3 atom stereocenters. The molecular formula is C38H46O5. The number of aliphatic hydroxyl groups excluding tert-OH is 1. The first-order valence-corrected chi connectivity index (χ1v) is 15.9. The van der Waals surface area contributed by atoms with Crippen LogP contribution >= 0.6 is 0 Å². The highest BCUT2D eigenvalue weighted by Gasteiger charge is 2.30. The highest BCUT2D eigenvalue weighted by atomic mass is 16.5. The van der Waals surface area contributed by atoms with Gasteiger partial charge in [0.25, 0.3) is 0 Å². The van der Waals surface area contributed by atoms with Crippen LogP contribution in [0.15, 0.2) is 88.1 Å². The van der Waals surface area contributed by atoms with Crippen molar-refractivity contribution in [1.82, 2.24) is 0 Å². The number of aliphatic hydroxyl groups is 1. The van der Waals surface area contributed by atoms with Crippen molar-refractivity contribution >= 4 is 21.5 Å². The summed E-state index contributed by atoms with van der Waals surface area (Å²) in [4.78, 5) is 0. The Hall–Kier alpha value is -3.38. The molecule has 228 valence electrons. The van der Waals surface area contributed by atoms with Crippen LogP contribution in [0.4, 0.5) is 0 Å². The van der Waals surface area contributed by atoms with Crippen LogP contribution in [0.3, 0.4) is 0 Å². The van der Waals surface area contributed by atoms with Gasteiger partial charge in [0.2, 0.25) is 0 Å². The summed E-state index contributed by atoms with van der Waals surface area (Å²) in [7, 11) is 0. The molecule has 0 saturated heterocycles. The van der Waals surface area contributed by atoms with E-state index in [4.69, 9.17) is 18.3 Å². The molecule has 0 aliphatic heterocycles. The Morgan fingerprint density at radius 2 is 1.63 bits per heavy atom. The first-order valence-electron chi connectivity index (χ1n) is 15.9. The predicted octanol–water partition coefficient (Wildman–Crippen LogP) is 9.87. The maximum Gasteiger partial charge on any atom is 0.129 e. The Labute approximate surface area is 255 Å². The second-order valence-electron chi connectivity index (χ2n) is 11.8. The van der Waals surface area contributed by atoms with Gasteiger partial charge in [-0.05, 0) is 94.8 Å². The van der Waals surface area contributed by atoms with E-state index in [-0.39, 0.29) is 12.7 Å². The Balaban J connectivity index is 0.000000235. The maximum absolute atomic E-state index is 10.1. The SMILES string of the molecule is CCCCCCC(C)OC1CCc2c(ccc3c2c(CO)cc2ccccc23)C1C.c1coc(COCc2ccco2)c1. The van der Waals surface area contributed by atoms with Gasteiger partial charge in [0, 0.05) is 5.92 Å². The Bertz CT molecular complexity index is 1500. The number of unbranched alkanes of at least 4 members (excludes halogenated alkanes) is 3. The van der Waals surface area contributed by atoms with E-state index in [1.807, 2.05) is 24.3 Å². The van der Waals surface area contributed by atoms with Gasteiger partial charge in [-0.3, -0.25) is 0 Å². The molecule has 5 aromatic rings. The zero-order chi connectivity index (χ0) is 30.0.